The van der Waals surface area contributed by atoms with Crippen molar-refractivity contribution in [2.24, 2.45) is 5.73 Å². The summed E-state index contributed by atoms with van der Waals surface area (Å²) in [6.45, 7) is 6.67. The molecule has 0 saturated carbocycles. The molecule has 1 atom stereocenters. The second kappa shape index (κ2) is 4.55. The molecule has 4 nitrogen and oxygen atoms in total. The molecule has 1 aliphatic rings. The van der Waals surface area contributed by atoms with Gasteiger partial charge >= 0.3 is 0 Å². The molecule has 2 N–H and O–H groups in total. The number of hydrogen-bond acceptors (Lipinski definition) is 3. The van der Waals surface area contributed by atoms with E-state index in [1.165, 1.54) is 4.31 Å². The lowest BCUT2D eigenvalue weighted by Gasteiger charge is -2.23. The lowest BCUT2D eigenvalue weighted by atomic mass is 10.1. The highest BCUT2D eigenvalue weighted by atomic mass is 32.2. The van der Waals surface area contributed by atoms with E-state index >= 15 is 0 Å². The molecular weight excluding hydrogens is 248 g/mol. The second-order valence-electron chi connectivity index (χ2n) is 5.01. The van der Waals surface area contributed by atoms with Crippen molar-refractivity contribution in [2.45, 2.75) is 32.4 Å². The Hall–Kier alpha value is -1.07. The van der Waals surface area contributed by atoms with Crippen LogP contribution in [-0.4, -0.2) is 26.8 Å². The number of nitrogens with zero attached hydrogens (tertiary/aromatic N) is 1. The Balaban J connectivity index is 2.52. The highest BCUT2D eigenvalue weighted by Crippen LogP contribution is 2.33. The SMILES string of the molecule is Cc1cc(C)c(N2CC[C@@H](CN)S2(=O)=O)c(C)c1. The van der Waals surface area contributed by atoms with Gasteiger partial charge in [0, 0.05) is 13.1 Å². The van der Waals surface area contributed by atoms with Gasteiger partial charge in [-0.2, -0.15) is 0 Å². The first kappa shape index (κ1) is 13.4. The number of sulfonamides is 1. The molecule has 1 aliphatic heterocycles. The van der Waals surface area contributed by atoms with Crippen LogP contribution in [0, 0.1) is 20.8 Å². The molecular formula is C13H20N2O2S. The predicted molar refractivity (Wildman–Crippen MR) is 74.4 cm³/mol. The molecule has 0 unspecified atom stereocenters. The summed E-state index contributed by atoms with van der Waals surface area (Å²) in [5.41, 5.74) is 9.54. The molecule has 0 bridgehead atoms. The Morgan fingerprint density at radius 2 is 1.83 bits per heavy atom. The smallest absolute Gasteiger partial charge is 0.239 e. The van der Waals surface area contributed by atoms with Crippen LogP contribution in [0.2, 0.25) is 0 Å². The zero-order valence-electron chi connectivity index (χ0n) is 11.1. The van der Waals surface area contributed by atoms with Crippen LogP contribution in [-0.2, 0) is 10.0 Å². The van der Waals surface area contributed by atoms with Gasteiger partial charge < -0.3 is 5.73 Å². The van der Waals surface area contributed by atoms with E-state index in [9.17, 15) is 8.42 Å². The number of benzene rings is 1. The molecule has 18 heavy (non-hydrogen) atoms. The van der Waals surface area contributed by atoms with Crippen molar-refractivity contribution in [1.29, 1.82) is 0 Å². The topological polar surface area (TPSA) is 63.4 Å². The lowest BCUT2D eigenvalue weighted by Crippen LogP contribution is -2.33. The minimum atomic E-state index is -3.28. The average molecular weight is 268 g/mol. The Bertz CT molecular complexity index is 543. The van der Waals surface area contributed by atoms with Gasteiger partial charge in [0.05, 0.1) is 10.9 Å². The summed E-state index contributed by atoms with van der Waals surface area (Å²) < 4.78 is 26.3. The van der Waals surface area contributed by atoms with E-state index in [1.807, 2.05) is 32.9 Å². The molecule has 0 amide bonds. The van der Waals surface area contributed by atoms with Crippen LogP contribution in [0.25, 0.3) is 0 Å². The average Bonchev–Trinajstić information content (AvgIpc) is 2.53. The molecule has 0 spiro atoms. The minimum Gasteiger partial charge on any atom is -0.329 e. The summed E-state index contributed by atoms with van der Waals surface area (Å²) in [7, 11) is -3.28. The molecule has 1 aromatic carbocycles. The fraction of sp³-hybridized carbons (Fsp3) is 0.538. The molecule has 0 aliphatic carbocycles. The van der Waals surface area contributed by atoms with Gasteiger partial charge in [-0.15, -0.1) is 0 Å². The van der Waals surface area contributed by atoms with Gasteiger partial charge in [0.25, 0.3) is 0 Å². The van der Waals surface area contributed by atoms with Gasteiger partial charge in [-0.3, -0.25) is 4.31 Å². The van der Waals surface area contributed by atoms with Crippen molar-refractivity contribution in [3.8, 4) is 0 Å². The van der Waals surface area contributed by atoms with Crippen molar-refractivity contribution in [3.05, 3.63) is 28.8 Å². The highest BCUT2D eigenvalue weighted by Gasteiger charge is 2.39. The van der Waals surface area contributed by atoms with Gasteiger partial charge in [-0.25, -0.2) is 8.42 Å². The van der Waals surface area contributed by atoms with Crippen LogP contribution in [0.3, 0.4) is 0 Å². The lowest BCUT2D eigenvalue weighted by molar-refractivity contribution is 0.588. The fourth-order valence-corrected chi connectivity index (χ4v) is 4.67. The van der Waals surface area contributed by atoms with Crippen LogP contribution in [0.5, 0.6) is 0 Å². The maximum absolute atomic E-state index is 12.4. The third-order valence-electron chi connectivity index (χ3n) is 3.53. The normalized spacial score (nSPS) is 22.4. The first-order valence-corrected chi connectivity index (χ1v) is 7.67. The number of nitrogens with two attached hydrogens (primary N) is 1. The second-order valence-corrected chi connectivity index (χ2v) is 7.15. The zero-order valence-corrected chi connectivity index (χ0v) is 11.9. The summed E-state index contributed by atoms with van der Waals surface area (Å²) in [5.74, 6) is 0. The molecule has 1 heterocycles. The first-order valence-electron chi connectivity index (χ1n) is 6.17. The number of anilines is 1. The number of aryl methyl sites for hydroxylation is 3. The van der Waals surface area contributed by atoms with Crippen LogP contribution < -0.4 is 10.0 Å². The summed E-state index contributed by atoms with van der Waals surface area (Å²) in [6, 6.07) is 4.04. The molecule has 1 saturated heterocycles. The van der Waals surface area contributed by atoms with Crippen molar-refractivity contribution in [3.63, 3.8) is 0 Å². The first-order chi connectivity index (χ1) is 8.37. The monoisotopic (exact) mass is 268 g/mol. The van der Waals surface area contributed by atoms with Crippen molar-refractivity contribution >= 4 is 15.7 Å². The van der Waals surface area contributed by atoms with E-state index in [4.69, 9.17) is 5.73 Å². The maximum atomic E-state index is 12.4. The van der Waals surface area contributed by atoms with E-state index in [0.29, 0.717) is 13.0 Å². The molecule has 5 heteroatoms. The summed E-state index contributed by atoms with van der Waals surface area (Å²) >= 11 is 0. The maximum Gasteiger partial charge on any atom is 0.239 e. The van der Waals surface area contributed by atoms with Gasteiger partial charge in [0.1, 0.15) is 0 Å². The van der Waals surface area contributed by atoms with Gasteiger partial charge in [-0.1, -0.05) is 17.7 Å². The molecule has 0 radical (unpaired) electrons. The fourth-order valence-electron chi connectivity index (χ4n) is 2.76. The molecule has 0 aromatic heterocycles. The van der Waals surface area contributed by atoms with Crippen LogP contribution in [0.1, 0.15) is 23.1 Å². The standard InChI is InChI=1S/C13H20N2O2S/c1-9-6-10(2)13(11(3)7-9)15-5-4-12(8-14)18(15,16)17/h6-7,12H,4-5,8,14H2,1-3H3/t12-/m0/s1. The minimum absolute atomic E-state index is 0.197. The summed E-state index contributed by atoms with van der Waals surface area (Å²) in [5, 5.41) is -0.433. The van der Waals surface area contributed by atoms with Crippen LogP contribution in [0.4, 0.5) is 5.69 Å². The highest BCUT2D eigenvalue weighted by molar-refractivity contribution is 7.93. The summed E-state index contributed by atoms with van der Waals surface area (Å²) in [6.07, 6.45) is 0.617. The van der Waals surface area contributed by atoms with Crippen molar-refractivity contribution in [2.75, 3.05) is 17.4 Å². The summed E-state index contributed by atoms with van der Waals surface area (Å²) in [4.78, 5) is 0. The zero-order chi connectivity index (χ0) is 13.5. The third-order valence-corrected chi connectivity index (χ3v) is 5.78. The van der Waals surface area contributed by atoms with Gasteiger partial charge in [-0.05, 0) is 38.3 Å². The van der Waals surface area contributed by atoms with E-state index in [0.717, 1.165) is 22.4 Å². The van der Waals surface area contributed by atoms with Gasteiger partial charge in [0.15, 0.2) is 0 Å². The molecule has 1 fully saturated rings. The van der Waals surface area contributed by atoms with E-state index in [-0.39, 0.29) is 6.54 Å². The van der Waals surface area contributed by atoms with Crippen LogP contribution >= 0.6 is 0 Å². The van der Waals surface area contributed by atoms with E-state index in [1.54, 1.807) is 0 Å². The molecule has 2 rings (SSSR count). The Morgan fingerprint density at radius 3 is 2.28 bits per heavy atom. The van der Waals surface area contributed by atoms with E-state index in [2.05, 4.69) is 0 Å². The number of hydrogen-bond donors (Lipinski definition) is 1. The van der Waals surface area contributed by atoms with Crippen molar-refractivity contribution in [1.82, 2.24) is 0 Å². The van der Waals surface area contributed by atoms with Crippen molar-refractivity contribution < 1.29 is 8.42 Å². The third kappa shape index (κ3) is 2.01. The number of rotatable bonds is 2. The van der Waals surface area contributed by atoms with Gasteiger partial charge in [0.2, 0.25) is 10.0 Å². The Kier molecular flexibility index (Phi) is 3.38. The Morgan fingerprint density at radius 1 is 1.28 bits per heavy atom. The Labute approximate surface area is 109 Å². The largest absolute Gasteiger partial charge is 0.329 e. The quantitative estimate of drug-likeness (QED) is 0.883. The van der Waals surface area contributed by atoms with Crippen LogP contribution in [0.15, 0.2) is 12.1 Å². The molecule has 100 valence electrons. The van der Waals surface area contributed by atoms with E-state index < -0.39 is 15.3 Å². The predicted octanol–water partition coefficient (Wildman–Crippen LogP) is 1.48. The molecule has 1 aromatic rings.